The molecule has 0 fully saturated rings. The highest BCUT2D eigenvalue weighted by Gasteiger charge is 2.23. The van der Waals surface area contributed by atoms with Gasteiger partial charge in [0.25, 0.3) is 0 Å². The van der Waals surface area contributed by atoms with Gasteiger partial charge in [-0.05, 0) is 118 Å². The summed E-state index contributed by atoms with van der Waals surface area (Å²) in [6.07, 6.45) is 0. The van der Waals surface area contributed by atoms with E-state index in [-0.39, 0.29) is 0 Å². The highest BCUT2D eigenvalue weighted by molar-refractivity contribution is 7.26. The smallest absolute Gasteiger partial charge is 0.165 e. The fraction of sp³-hybridized carbons (Fsp3) is 0. The van der Waals surface area contributed by atoms with E-state index in [1.165, 1.54) is 90.4 Å². The molecule has 0 aliphatic rings. The summed E-state index contributed by atoms with van der Waals surface area (Å²) in [7, 11) is 0. The van der Waals surface area contributed by atoms with Gasteiger partial charge in [0.1, 0.15) is 0 Å². The molecule has 0 saturated carbocycles. The van der Waals surface area contributed by atoms with Crippen molar-refractivity contribution in [1.82, 2.24) is 39.0 Å². The second kappa shape index (κ2) is 26.3. The van der Waals surface area contributed by atoms with Crippen molar-refractivity contribution in [3.63, 3.8) is 0 Å². The number of thiophene rings is 2. The molecule has 0 aliphatic heterocycles. The second-order valence-corrected chi connectivity index (χ2v) is 28.6. The zero-order valence-electron chi connectivity index (χ0n) is 57.0. The molecule has 0 unspecified atom stereocenters. The number of aromatic nitrogens is 8. The Labute approximate surface area is 618 Å². The maximum absolute atomic E-state index is 5.17. The Hall–Kier alpha value is -13.6. The lowest BCUT2D eigenvalue weighted by molar-refractivity contribution is 1.08. The van der Waals surface area contributed by atoms with Gasteiger partial charge in [-0.1, -0.05) is 279 Å². The summed E-state index contributed by atoms with van der Waals surface area (Å²) in [6, 6.07) is 128. The van der Waals surface area contributed by atoms with Gasteiger partial charge in [0, 0.05) is 107 Å². The Morgan fingerprint density at radius 2 is 0.462 bits per heavy atom. The number of hydrogen-bond donors (Lipinski definition) is 0. The highest BCUT2D eigenvalue weighted by Crippen LogP contribution is 2.46. The van der Waals surface area contributed by atoms with Gasteiger partial charge in [0.05, 0.1) is 22.1 Å². The van der Waals surface area contributed by atoms with E-state index in [9.17, 15) is 0 Å². The zero-order valence-corrected chi connectivity index (χ0v) is 58.7. The van der Waals surface area contributed by atoms with Crippen molar-refractivity contribution >= 4 is 107 Å². The molecule has 8 nitrogen and oxygen atoms in total. The number of benzene rings is 15. The van der Waals surface area contributed by atoms with Gasteiger partial charge in [0.15, 0.2) is 34.9 Å². The SMILES string of the molecule is c1ccc(-c2ccc3c4ccccc4n(-c4ccc(-c5cc(-c6nc(-c7ccccc7)nc(-c7ccccc7)n6)c6sc7ccccc7c6c5)cc4)c3c2)cc1.c1ccc(-c2nc(-c3ccccc3)nc(-c3cc(-c4ccc(-n5c6ccccc6c6ccccc65)cc4)cc4c3sc3ccccc34)n2)cc1. The predicted octanol–water partition coefficient (Wildman–Crippen LogP) is 25.7. The quantitative estimate of drug-likeness (QED) is 0.128. The van der Waals surface area contributed by atoms with Crippen molar-refractivity contribution < 1.29 is 0 Å². The van der Waals surface area contributed by atoms with Crippen LogP contribution in [0.5, 0.6) is 0 Å². The normalized spacial score (nSPS) is 11.6. The lowest BCUT2D eigenvalue weighted by Gasteiger charge is -2.12. The van der Waals surface area contributed by atoms with Crippen molar-refractivity contribution in [3.8, 4) is 113 Å². The molecule has 6 heterocycles. The van der Waals surface area contributed by atoms with Crippen LogP contribution in [0.2, 0.25) is 0 Å². The predicted molar refractivity (Wildman–Crippen MR) is 443 cm³/mol. The molecule has 0 amide bonds. The third kappa shape index (κ3) is 11.2. The minimum Gasteiger partial charge on any atom is -0.309 e. The molecular weight excluding hydrogens is 1330 g/mol. The molecule has 0 aliphatic carbocycles. The number of rotatable bonds is 11. The van der Waals surface area contributed by atoms with Crippen LogP contribution in [0.25, 0.3) is 197 Å². The van der Waals surface area contributed by atoms with Gasteiger partial charge in [-0.2, -0.15) is 0 Å². The minimum atomic E-state index is 0.653. The topological polar surface area (TPSA) is 87.2 Å². The van der Waals surface area contributed by atoms with E-state index in [1.54, 1.807) is 22.7 Å². The second-order valence-electron chi connectivity index (χ2n) is 26.5. The molecule has 0 spiro atoms. The van der Waals surface area contributed by atoms with Crippen LogP contribution in [-0.2, 0) is 0 Å². The minimum absolute atomic E-state index is 0.653. The fourth-order valence-corrected chi connectivity index (χ4v) is 17.4. The summed E-state index contributed by atoms with van der Waals surface area (Å²) in [5, 5.41) is 9.86. The first-order valence-corrected chi connectivity index (χ1v) is 37.1. The zero-order chi connectivity index (χ0) is 70.0. The van der Waals surface area contributed by atoms with Crippen molar-refractivity contribution in [3.05, 3.63) is 364 Å². The lowest BCUT2D eigenvalue weighted by Crippen LogP contribution is -2.00. The van der Waals surface area contributed by atoms with E-state index in [2.05, 4.69) is 300 Å². The van der Waals surface area contributed by atoms with Gasteiger partial charge in [0.2, 0.25) is 0 Å². The molecule has 496 valence electrons. The average molecular weight is 1390 g/mol. The maximum Gasteiger partial charge on any atom is 0.165 e. The van der Waals surface area contributed by atoms with Crippen molar-refractivity contribution in [2.45, 2.75) is 0 Å². The highest BCUT2D eigenvalue weighted by atomic mass is 32.1. The van der Waals surface area contributed by atoms with Gasteiger partial charge < -0.3 is 9.13 Å². The first kappa shape index (κ1) is 62.2. The van der Waals surface area contributed by atoms with E-state index < -0.39 is 0 Å². The van der Waals surface area contributed by atoms with Crippen LogP contribution in [-0.4, -0.2) is 39.0 Å². The first-order valence-electron chi connectivity index (χ1n) is 35.5. The monoisotopic (exact) mass is 1390 g/mol. The molecule has 10 heteroatoms. The summed E-state index contributed by atoms with van der Waals surface area (Å²) in [5.41, 5.74) is 19.7. The summed E-state index contributed by atoms with van der Waals surface area (Å²) in [4.78, 5) is 30.6. The largest absolute Gasteiger partial charge is 0.309 e. The molecule has 21 rings (SSSR count). The summed E-state index contributed by atoms with van der Waals surface area (Å²) in [5.74, 6) is 3.94. The fourth-order valence-electron chi connectivity index (χ4n) is 15.0. The summed E-state index contributed by atoms with van der Waals surface area (Å²) in [6.45, 7) is 0. The van der Waals surface area contributed by atoms with Crippen LogP contribution in [0.4, 0.5) is 0 Å². The molecule has 21 aromatic rings. The maximum atomic E-state index is 5.17. The summed E-state index contributed by atoms with van der Waals surface area (Å²) < 4.78 is 9.55. The Morgan fingerprint density at radius 1 is 0.179 bits per heavy atom. The Bertz CT molecular complexity index is 6740. The third-order valence-corrected chi connectivity index (χ3v) is 22.6. The van der Waals surface area contributed by atoms with Crippen LogP contribution < -0.4 is 0 Å². The molecule has 0 atom stereocenters. The van der Waals surface area contributed by atoms with Crippen LogP contribution in [0.1, 0.15) is 0 Å². The Morgan fingerprint density at radius 3 is 0.840 bits per heavy atom. The standard InChI is InChI=1S/C51H32N4S.C45H28N4S/c1-4-14-33(15-5-1)37-26-29-41-40-20-10-12-22-45(40)55(46(41)32-37)39-27-24-34(25-28-39)38-30-43-42-21-11-13-23-47(42)56-48(43)44(31-38)51-53-49(35-16-6-2-7-17-35)52-50(54-51)36-18-8-3-9-19-36;1-3-13-30(14-4-1)43-46-44(31-15-5-2-6-16-31)48-45(47-43)38-28-32(27-37-36-19-9-12-22-41(36)50-42(37)38)29-23-25-33(26-24-29)49-39-20-10-7-17-34(39)35-18-8-11-21-40(35)49/h1-32H;1-28H. The van der Waals surface area contributed by atoms with Gasteiger partial charge in [-0.25, -0.2) is 29.9 Å². The van der Waals surface area contributed by atoms with Crippen LogP contribution in [0.3, 0.4) is 0 Å². The van der Waals surface area contributed by atoms with E-state index in [1.807, 2.05) is 72.8 Å². The van der Waals surface area contributed by atoms with E-state index in [0.29, 0.717) is 34.9 Å². The first-order chi connectivity index (χ1) is 52.5. The number of fused-ring (bicyclic) bond motifs is 12. The molecule has 0 bridgehead atoms. The average Bonchev–Trinajstić information content (AvgIpc) is 1.57. The van der Waals surface area contributed by atoms with Gasteiger partial charge in [-0.15, -0.1) is 22.7 Å². The molecule has 0 N–H and O–H groups in total. The van der Waals surface area contributed by atoms with Crippen molar-refractivity contribution in [2.75, 3.05) is 0 Å². The number of para-hydroxylation sites is 3. The third-order valence-electron chi connectivity index (χ3n) is 20.1. The van der Waals surface area contributed by atoms with Gasteiger partial charge in [-0.3, -0.25) is 0 Å². The molecule has 0 saturated heterocycles. The van der Waals surface area contributed by atoms with Gasteiger partial charge >= 0.3 is 0 Å². The number of nitrogens with zero attached hydrogens (tertiary/aromatic N) is 8. The molecular formula is C96H60N8S2. The lowest BCUT2D eigenvalue weighted by atomic mass is 9.98. The van der Waals surface area contributed by atoms with Crippen LogP contribution >= 0.6 is 22.7 Å². The Balaban J connectivity index is 0.000000141. The molecule has 6 aromatic heterocycles. The van der Waals surface area contributed by atoms with Crippen LogP contribution in [0, 0.1) is 0 Å². The molecule has 0 radical (unpaired) electrons. The van der Waals surface area contributed by atoms with E-state index in [0.717, 1.165) is 71.7 Å². The number of hydrogen-bond acceptors (Lipinski definition) is 8. The van der Waals surface area contributed by atoms with Crippen molar-refractivity contribution in [1.29, 1.82) is 0 Å². The summed E-state index contributed by atoms with van der Waals surface area (Å²) >= 11 is 3.58. The van der Waals surface area contributed by atoms with E-state index in [4.69, 9.17) is 29.9 Å². The van der Waals surface area contributed by atoms with E-state index >= 15 is 0 Å². The molecule has 15 aromatic carbocycles. The Kier molecular flexibility index (Phi) is 15.4. The van der Waals surface area contributed by atoms with Crippen LogP contribution in [0.15, 0.2) is 364 Å². The molecule has 106 heavy (non-hydrogen) atoms. The van der Waals surface area contributed by atoms with Crippen molar-refractivity contribution in [2.24, 2.45) is 0 Å².